The number of hydrogen-bond acceptors (Lipinski definition) is 4. The summed E-state index contributed by atoms with van der Waals surface area (Å²) >= 11 is 1.46. The molecule has 18 heavy (non-hydrogen) atoms. The lowest BCUT2D eigenvalue weighted by molar-refractivity contribution is 0.478. The zero-order chi connectivity index (χ0) is 13.6. The minimum Gasteiger partial charge on any atom is -0.364 e. The molecule has 0 atom stereocenters. The zero-order valence-corrected chi connectivity index (χ0v) is 12.4. The third-order valence-electron chi connectivity index (χ3n) is 2.68. The summed E-state index contributed by atoms with van der Waals surface area (Å²) in [5.74, 6) is 0.380. The van der Waals surface area contributed by atoms with Gasteiger partial charge in [0.25, 0.3) is 0 Å². The molecule has 0 radical (unpaired) electrons. The van der Waals surface area contributed by atoms with Crippen LogP contribution in [0, 0.1) is 0 Å². The van der Waals surface area contributed by atoms with E-state index in [0.29, 0.717) is 11.3 Å². The molecule has 0 unspecified atom stereocenters. The molecule has 0 aromatic heterocycles. The van der Waals surface area contributed by atoms with Gasteiger partial charge in [-0.2, -0.15) is 8.42 Å². The Morgan fingerprint density at radius 1 is 1.28 bits per heavy atom. The van der Waals surface area contributed by atoms with Crippen molar-refractivity contribution in [1.29, 1.82) is 0 Å². The average Bonchev–Trinajstić information content (AvgIpc) is 2.25. The molecule has 0 aliphatic carbocycles. The van der Waals surface area contributed by atoms with Gasteiger partial charge in [-0.3, -0.25) is 0 Å². The Bertz CT molecular complexity index is 613. The van der Waals surface area contributed by atoms with Gasteiger partial charge in [-0.1, -0.05) is 20.8 Å². The second-order valence-corrected chi connectivity index (χ2v) is 7.17. The van der Waals surface area contributed by atoms with Gasteiger partial charge < -0.3 is 4.18 Å². The molecule has 0 saturated heterocycles. The molecule has 4 nitrogen and oxygen atoms in total. The fourth-order valence-corrected chi connectivity index (χ4v) is 2.97. The van der Waals surface area contributed by atoms with Crippen LogP contribution in [0.5, 0.6) is 5.75 Å². The topological polar surface area (TPSA) is 55.7 Å². The van der Waals surface area contributed by atoms with Crippen LogP contribution in [0.2, 0.25) is 0 Å². The van der Waals surface area contributed by atoms with Crippen molar-refractivity contribution in [1.82, 2.24) is 0 Å². The van der Waals surface area contributed by atoms with E-state index in [1.807, 2.05) is 18.4 Å². The maximum absolute atomic E-state index is 11.3. The van der Waals surface area contributed by atoms with Crippen molar-refractivity contribution in [2.45, 2.75) is 31.1 Å². The number of benzene rings is 1. The van der Waals surface area contributed by atoms with Crippen LogP contribution in [0.3, 0.4) is 0 Å². The normalized spacial score (nSPS) is 17.1. The Labute approximate surface area is 112 Å². The highest BCUT2D eigenvalue weighted by Gasteiger charge is 2.25. The molecule has 0 amide bonds. The number of rotatable bonds is 1. The Hall–Kier alpha value is -1.01. The lowest BCUT2D eigenvalue weighted by atomic mass is 9.86. The van der Waals surface area contributed by atoms with Crippen LogP contribution in [0.15, 0.2) is 21.4 Å². The van der Waals surface area contributed by atoms with E-state index in [-0.39, 0.29) is 5.41 Å². The molecule has 1 aliphatic rings. The third kappa shape index (κ3) is 2.54. The SMILES string of the molecule is CSc1cc(C(C)(C)C)cc2c1OS(=O)(=O)N=C2. The lowest BCUT2D eigenvalue weighted by Crippen LogP contribution is -2.16. The second-order valence-electron chi connectivity index (χ2n) is 5.09. The summed E-state index contributed by atoms with van der Waals surface area (Å²) < 4.78 is 31.0. The third-order valence-corrected chi connectivity index (χ3v) is 4.16. The average molecular weight is 285 g/mol. The number of hydrogen-bond donors (Lipinski definition) is 0. The van der Waals surface area contributed by atoms with E-state index in [2.05, 4.69) is 25.2 Å². The molecule has 98 valence electrons. The first kappa shape index (κ1) is 13.4. The van der Waals surface area contributed by atoms with Crippen LogP contribution in [-0.4, -0.2) is 20.9 Å². The molecule has 0 bridgehead atoms. The second kappa shape index (κ2) is 4.28. The summed E-state index contributed by atoms with van der Waals surface area (Å²) in [4.78, 5) is 0.812. The van der Waals surface area contributed by atoms with Crippen molar-refractivity contribution in [3.05, 3.63) is 23.3 Å². The Morgan fingerprint density at radius 2 is 1.94 bits per heavy atom. The summed E-state index contributed by atoms with van der Waals surface area (Å²) in [6.07, 6.45) is 3.24. The summed E-state index contributed by atoms with van der Waals surface area (Å²) in [7, 11) is -3.82. The Balaban J connectivity index is 2.65. The monoisotopic (exact) mass is 285 g/mol. The summed E-state index contributed by atoms with van der Waals surface area (Å²) in [6.45, 7) is 6.32. The molecule has 0 fully saturated rings. The molecule has 6 heteroatoms. The largest absolute Gasteiger partial charge is 0.428 e. The molecule has 0 spiro atoms. The maximum Gasteiger partial charge on any atom is 0.428 e. The first-order valence-electron chi connectivity index (χ1n) is 5.45. The summed E-state index contributed by atoms with van der Waals surface area (Å²) in [5.41, 5.74) is 1.82. The van der Waals surface area contributed by atoms with E-state index >= 15 is 0 Å². The number of thioether (sulfide) groups is 1. The van der Waals surface area contributed by atoms with E-state index in [1.54, 1.807) is 0 Å². The highest BCUT2D eigenvalue weighted by Crippen LogP contribution is 2.38. The number of fused-ring (bicyclic) bond motifs is 1. The van der Waals surface area contributed by atoms with E-state index in [1.165, 1.54) is 18.0 Å². The highest BCUT2D eigenvalue weighted by atomic mass is 32.2. The van der Waals surface area contributed by atoms with Crippen molar-refractivity contribution in [3.8, 4) is 5.75 Å². The zero-order valence-electron chi connectivity index (χ0n) is 10.7. The molecular weight excluding hydrogens is 270 g/mol. The predicted molar refractivity (Wildman–Crippen MR) is 74.1 cm³/mol. The quantitative estimate of drug-likeness (QED) is 0.744. The van der Waals surface area contributed by atoms with E-state index in [9.17, 15) is 8.42 Å². The van der Waals surface area contributed by atoms with Gasteiger partial charge in [0.05, 0.1) is 11.1 Å². The molecule has 0 N–H and O–H groups in total. The van der Waals surface area contributed by atoms with Crippen molar-refractivity contribution in [2.24, 2.45) is 4.40 Å². The van der Waals surface area contributed by atoms with Crippen molar-refractivity contribution >= 4 is 28.3 Å². The molecular formula is C12H15NO3S2. The first-order valence-corrected chi connectivity index (χ1v) is 8.04. The summed E-state index contributed by atoms with van der Waals surface area (Å²) in [6, 6.07) is 3.89. The van der Waals surface area contributed by atoms with E-state index in [4.69, 9.17) is 4.18 Å². The molecule has 0 saturated carbocycles. The van der Waals surface area contributed by atoms with Crippen LogP contribution in [0.1, 0.15) is 31.9 Å². The van der Waals surface area contributed by atoms with Gasteiger partial charge >= 0.3 is 10.3 Å². The first-order chi connectivity index (χ1) is 8.23. The fourth-order valence-electron chi connectivity index (χ4n) is 1.64. The molecule has 1 heterocycles. The smallest absolute Gasteiger partial charge is 0.364 e. The van der Waals surface area contributed by atoms with Crippen LogP contribution in [0.4, 0.5) is 0 Å². The fraction of sp³-hybridized carbons (Fsp3) is 0.417. The van der Waals surface area contributed by atoms with Crippen LogP contribution in [-0.2, 0) is 15.7 Å². The van der Waals surface area contributed by atoms with Crippen molar-refractivity contribution < 1.29 is 12.6 Å². The lowest BCUT2D eigenvalue weighted by Gasteiger charge is -2.23. The maximum atomic E-state index is 11.3. The molecule has 1 aromatic carbocycles. The van der Waals surface area contributed by atoms with E-state index < -0.39 is 10.3 Å². The Kier molecular flexibility index (Phi) is 3.19. The Morgan fingerprint density at radius 3 is 2.50 bits per heavy atom. The van der Waals surface area contributed by atoms with Gasteiger partial charge in [-0.05, 0) is 29.4 Å². The predicted octanol–water partition coefficient (Wildman–Crippen LogP) is 2.76. The van der Waals surface area contributed by atoms with Crippen LogP contribution in [0.25, 0.3) is 0 Å². The van der Waals surface area contributed by atoms with Gasteiger partial charge in [-0.25, -0.2) is 0 Å². The van der Waals surface area contributed by atoms with Crippen molar-refractivity contribution in [2.75, 3.05) is 6.26 Å². The standard InChI is InChI=1S/C12H15NO3S2/c1-12(2,3)9-5-8-7-13-18(14,15)16-11(8)10(6-9)17-4/h5-7H,1-4H3. The van der Waals surface area contributed by atoms with Crippen LogP contribution < -0.4 is 4.18 Å². The van der Waals surface area contributed by atoms with Gasteiger partial charge in [-0.15, -0.1) is 16.2 Å². The molecule has 2 rings (SSSR count). The van der Waals surface area contributed by atoms with Crippen molar-refractivity contribution in [3.63, 3.8) is 0 Å². The van der Waals surface area contributed by atoms with E-state index in [0.717, 1.165) is 10.5 Å². The van der Waals surface area contributed by atoms with Gasteiger partial charge in [0.1, 0.15) is 0 Å². The summed E-state index contributed by atoms with van der Waals surface area (Å²) in [5, 5.41) is 0. The molecule has 1 aliphatic heterocycles. The minimum atomic E-state index is -3.82. The highest BCUT2D eigenvalue weighted by molar-refractivity contribution is 7.98. The minimum absolute atomic E-state index is 0.0102. The van der Waals surface area contributed by atoms with Gasteiger partial charge in [0, 0.05) is 5.56 Å². The van der Waals surface area contributed by atoms with Crippen LogP contribution >= 0.6 is 11.8 Å². The van der Waals surface area contributed by atoms with Gasteiger partial charge in [0.2, 0.25) is 0 Å². The number of nitrogens with zero attached hydrogens (tertiary/aromatic N) is 1. The molecule has 1 aromatic rings. The van der Waals surface area contributed by atoms with Gasteiger partial charge in [0.15, 0.2) is 5.75 Å².